The molecule has 0 radical (unpaired) electrons. The summed E-state index contributed by atoms with van der Waals surface area (Å²) in [5, 5.41) is 9.82. The van der Waals surface area contributed by atoms with Gasteiger partial charge in [-0.25, -0.2) is 4.98 Å². The minimum absolute atomic E-state index is 0.290. The number of benzene rings is 1. The lowest BCUT2D eigenvalue weighted by Gasteiger charge is -2.03. The molecule has 2 heterocycles. The minimum Gasteiger partial charge on any atom is -0.290 e. The van der Waals surface area contributed by atoms with Gasteiger partial charge in [0.25, 0.3) is 0 Å². The average Bonchev–Trinajstić information content (AvgIpc) is 2.92. The van der Waals surface area contributed by atoms with Crippen molar-refractivity contribution >= 4 is 27.3 Å². The van der Waals surface area contributed by atoms with Gasteiger partial charge in [-0.15, -0.1) is 11.3 Å². The molecule has 0 amide bonds. The third-order valence-corrected chi connectivity index (χ3v) is 3.97. The predicted molar refractivity (Wildman–Crippen MR) is 76.5 cm³/mol. The lowest BCUT2D eigenvalue weighted by atomic mass is 10.0. The number of hydrogen-bond acceptors (Lipinski definition) is 5. The summed E-state index contributed by atoms with van der Waals surface area (Å²) < 4.78 is 0.969. The number of Topliss-reactive ketones (excluding diaryl/α,β-unsaturated/α-hetero) is 1. The Bertz CT molecular complexity index is 772. The number of aromatic nitrogens is 2. The number of nitriles is 1. The molecule has 0 aliphatic rings. The molecule has 0 saturated heterocycles. The fourth-order valence-corrected chi connectivity index (χ4v) is 2.91. The molecule has 2 aromatic heterocycles. The highest BCUT2D eigenvalue weighted by atomic mass is 32.1. The van der Waals surface area contributed by atoms with E-state index in [9.17, 15) is 10.1 Å². The van der Waals surface area contributed by atoms with Crippen LogP contribution in [0.15, 0.2) is 48.7 Å². The molecule has 96 valence electrons. The summed E-state index contributed by atoms with van der Waals surface area (Å²) in [6.45, 7) is 0. The van der Waals surface area contributed by atoms with E-state index in [0.717, 1.165) is 10.2 Å². The maximum Gasteiger partial charge on any atom is 0.205 e. The number of carbonyl (C=O) groups excluding carboxylic acids is 1. The first kappa shape index (κ1) is 12.5. The molecule has 5 heteroatoms. The van der Waals surface area contributed by atoms with Crippen molar-refractivity contribution in [2.45, 2.75) is 5.92 Å². The quantitative estimate of drug-likeness (QED) is 0.690. The van der Waals surface area contributed by atoms with Gasteiger partial charge in [0.05, 0.1) is 16.3 Å². The zero-order valence-corrected chi connectivity index (χ0v) is 11.2. The van der Waals surface area contributed by atoms with Crippen LogP contribution in [0.5, 0.6) is 0 Å². The molecule has 3 rings (SSSR count). The Balaban J connectivity index is 2.02. The maximum atomic E-state index is 12.3. The molecular weight excluding hydrogens is 270 g/mol. The van der Waals surface area contributed by atoms with Crippen molar-refractivity contribution in [3.05, 3.63) is 59.4 Å². The zero-order valence-electron chi connectivity index (χ0n) is 10.4. The van der Waals surface area contributed by atoms with Crippen molar-refractivity contribution in [2.75, 3.05) is 0 Å². The number of hydrogen-bond donors (Lipinski definition) is 0. The number of carbonyl (C=O) groups is 1. The van der Waals surface area contributed by atoms with E-state index in [0.29, 0.717) is 10.7 Å². The number of ketones is 1. The zero-order chi connectivity index (χ0) is 13.9. The molecule has 0 aliphatic carbocycles. The number of fused-ring (bicyclic) bond motifs is 1. The Labute approximate surface area is 119 Å². The molecule has 0 N–H and O–H groups in total. The number of rotatable bonds is 3. The fourth-order valence-electron chi connectivity index (χ4n) is 1.90. The summed E-state index contributed by atoms with van der Waals surface area (Å²) in [6.07, 6.45) is 1.54. The SMILES string of the molecule is N#C[C@@H](C(=O)c1ccccn1)c1nc2ccccc2s1. The van der Waals surface area contributed by atoms with Gasteiger partial charge in [-0.3, -0.25) is 9.78 Å². The summed E-state index contributed by atoms with van der Waals surface area (Å²) in [7, 11) is 0. The van der Waals surface area contributed by atoms with Gasteiger partial charge >= 0.3 is 0 Å². The van der Waals surface area contributed by atoms with Crippen molar-refractivity contribution in [1.82, 2.24) is 9.97 Å². The van der Waals surface area contributed by atoms with Crippen molar-refractivity contribution in [1.29, 1.82) is 5.26 Å². The summed E-state index contributed by atoms with van der Waals surface area (Å²) in [4.78, 5) is 20.7. The van der Waals surface area contributed by atoms with E-state index in [4.69, 9.17) is 0 Å². The molecule has 0 unspecified atom stereocenters. The van der Waals surface area contributed by atoms with Gasteiger partial charge in [-0.05, 0) is 24.3 Å². The number of thiazole rings is 1. The topological polar surface area (TPSA) is 66.6 Å². The van der Waals surface area contributed by atoms with E-state index >= 15 is 0 Å². The van der Waals surface area contributed by atoms with Crippen LogP contribution < -0.4 is 0 Å². The third-order valence-electron chi connectivity index (χ3n) is 2.87. The molecule has 0 spiro atoms. The van der Waals surface area contributed by atoms with Gasteiger partial charge in [0.15, 0.2) is 5.92 Å². The first-order chi connectivity index (χ1) is 9.79. The monoisotopic (exact) mass is 279 g/mol. The molecule has 4 nitrogen and oxygen atoms in total. The highest BCUT2D eigenvalue weighted by Gasteiger charge is 2.25. The molecular formula is C15H9N3OS. The fraction of sp³-hybridized carbons (Fsp3) is 0.0667. The Kier molecular flexibility index (Phi) is 3.23. The van der Waals surface area contributed by atoms with Crippen LogP contribution in [0.2, 0.25) is 0 Å². The Morgan fingerprint density at radius 2 is 2.00 bits per heavy atom. The molecule has 1 aromatic carbocycles. The average molecular weight is 279 g/mol. The summed E-state index contributed by atoms with van der Waals surface area (Å²) in [5.74, 6) is -1.21. The summed E-state index contributed by atoms with van der Waals surface area (Å²) in [6, 6.07) is 14.7. The number of pyridine rings is 1. The normalized spacial score (nSPS) is 11.9. The molecule has 0 saturated carbocycles. The van der Waals surface area contributed by atoms with E-state index in [1.807, 2.05) is 30.3 Å². The molecule has 20 heavy (non-hydrogen) atoms. The van der Waals surface area contributed by atoms with Gasteiger partial charge in [0.1, 0.15) is 10.7 Å². The van der Waals surface area contributed by atoms with E-state index in [-0.39, 0.29) is 5.78 Å². The van der Waals surface area contributed by atoms with E-state index < -0.39 is 5.92 Å². The predicted octanol–water partition coefficient (Wildman–Crippen LogP) is 3.18. The van der Waals surface area contributed by atoms with Crippen LogP contribution in [0.25, 0.3) is 10.2 Å². The van der Waals surface area contributed by atoms with Crippen molar-refractivity contribution < 1.29 is 4.79 Å². The lowest BCUT2D eigenvalue weighted by molar-refractivity contribution is 0.0974. The van der Waals surface area contributed by atoms with Crippen molar-refractivity contribution in [3.63, 3.8) is 0 Å². The second-order valence-corrected chi connectivity index (χ2v) is 5.22. The molecule has 0 aliphatic heterocycles. The molecule has 0 fully saturated rings. The highest BCUT2D eigenvalue weighted by molar-refractivity contribution is 7.18. The standard InChI is InChI=1S/C15H9N3OS/c16-9-10(14(19)12-6-3-4-8-17-12)15-18-11-5-1-2-7-13(11)20-15/h1-8,10H/t10-/m0/s1. The maximum absolute atomic E-state index is 12.3. The Morgan fingerprint density at radius 1 is 1.20 bits per heavy atom. The minimum atomic E-state index is -0.901. The van der Waals surface area contributed by atoms with Gasteiger partial charge in [-0.1, -0.05) is 18.2 Å². The largest absolute Gasteiger partial charge is 0.290 e. The first-order valence-electron chi connectivity index (χ1n) is 6.00. The van der Waals surface area contributed by atoms with E-state index in [2.05, 4.69) is 9.97 Å². The van der Waals surface area contributed by atoms with Crippen LogP contribution >= 0.6 is 11.3 Å². The smallest absolute Gasteiger partial charge is 0.205 e. The van der Waals surface area contributed by atoms with Crippen LogP contribution in [0, 0.1) is 11.3 Å². The van der Waals surface area contributed by atoms with Gasteiger partial charge in [0.2, 0.25) is 5.78 Å². The van der Waals surface area contributed by atoms with Crippen molar-refractivity contribution in [3.8, 4) is 6.07 Å². The van der Waals surface area contributed by atoms with Crippen LogP contribution in [-0.4, -0.2) is 15.8 Å². The third kappa shape index (κ3) is 2.17. The summed E-state index contributed by atoms with van der Waals surface area (Å²) in [5.41, 5.74) is 1.10. The van der Waals surface area contributed by atoms with Crippen molar-refractivity contribution in [2.24, 2.45) is 0 Å². The number of para-hydroxylation sites is 1. The van der Waals surface area contributed by atoms with Gasteiger partial charge in [-0.2, -0.15) is 5.26 Å². The second-order valence-electron chi connectivity index (χ2n) is 4.16. The summed E-state index contributed by atoms with van der Waals surface area (Å²) >= 11 is 1.37. The van der Waals surface area contributed by atoms with Gasteiger partial charge < -0.3 is 0 Å². The highest BCUT2D eigenvalue weighted by Crippen LogP contribution is 2.28. The molecule has 1 atom stereocenters. The number of nitrogens with zero attached hydrogens (tertiary/aromatic N) is 3. The van der Waals surface area contributed by atoms with E-state index in [1.54, 1.807) is 24.4 Å². The first-order valence-corrected chi connectivity index (χ1v) is 6.81. The molecule has 3 aromatic rings. The van der Waals surface area contributed by atoms with Crippen LogP contribution in [0.4, 0.5) is 0 Å². The van der Waals surface area contributed by atoms with E-state index in [1.165, 1.54) is 11.3 Å². The van der Waals surface area contributed by atoms with Crippen LogP contribution in [0.3, 0.4) is 0 Å². The molecule has 0 bridgehead atoms. The van der Waals surface area contributed by atoms with Crippen LogP contribution in [-0.2, 0) is 0 Å². The Morgan fingerprint density at radius 3 is 2.70 bits per heavy atom. The van der Waals surface area contributed by atoms with Crippen LogP contribution in [0.1, 0.15) is 21.4 Å². The van der Waals surface area contributed by atoms with Gasteiger partial charge in [0, 0.05) is 6.20 Å². The Hall–Kier alpha value is -2.58. The second kappa shape index (κ2) is 5.19. The lowest BCUT2D eigenvalue weighted by Crippen LogP contribution is -2.12.